The fraction of sp³-hybridized carbons (Fsp3) is 0.360. The fourth-order valence-corrected chi connectivity index (χ4v) is 6.71. The van der Waals surface area contributed by atoms with Crippen LogP contribution in [0.4, 0.5) is 0 Å². The minimum Gasteiger partial charge on any atom is -0.392 e. The van der Waals surface area contributed by atoms with Crippen LogP contribution in [-0.4, -0.2) is 78.7 Å². The molecule has 10 heteroatoms. The van der Waals surface area contributed by atoms with Gasteiger partial charge in [-0.25, -0.2) is 12.7 Å². The number of likely N-dealkylation sites (tertiary alicyclic amines) is 1. The Bertz CT molecular complexity index is 1300. The third kappa shape index (κ3) is 5.52. The summed E-state index contributed by atoms with van der Waals surface area (Å²) in [5.74, 6) is -0.675. The van der Waals surface area contributed by atoms with E-state index in [0.29, 0.717) is 30.4 Å². The van der Waals surface area contributed by atoms with E-state index in [1.807, 2.05) is 36.4 Å². The summed E-state index contributed by atoms with van der Waals surface area (Å²) in [5, 5.41) is 10.0. The standard InChI is InChI=1S/C25H30N4O4S2/c1-28(2)35(32,33)22-11-10-21(19-9-6-13-27-23(19)22)34-24(25(26)31)20(17-7-4-3-5-8-17)16-29-14-12-18(30)15-29/h3-11,13,18,20,24,30H,12,14-16H2,1-2H3,(H2,26,31)/t18-,20+,24?/m0/s1. The minimum atomic E-state index is -3.71. The summed E-state index contributed by atoms with van der Waals surface area (Å²) in [5.41, 5.74) is 7.30. The van der Waals surface area contributed by atoms with E-state index < -0.39 is 21.2 Å². The number of sulfonamides is 1. The van der Waals surface area contributed by atoms with Gasteiger partial charge in [0.1, 0.15) is 4.90 Å². The van der Waals surface area contributed by atoms with E-state index in [2.05, 4.69) is 9.88 Å². The lowest BCUT2D eigenvalue weighted by molar-refractivity contribution is -0.117. The molecular weight excluding hydrogens is 484 g/mol. The van der Waals surface area contributed by atoms with Gasteiger partial charge >= 0.3 is 0 Å². The summed E-state index contributed by atoms with van der Waals surface area (Å²) < 4.78 is 26.9. The Kier molecular flexibility index (Phi) is 7.77. The van der Waals surface area contributed by atoms with Crippen LogP contribution in [0.2, 0.25) is 0 Å². The van der Waals surface area contributed by atoms with Crippen LogP contribution in [0, 0.1) is 0 Å². The zero-order valence-electron chi connectivity index (χ0n) is 19.7. The van der Waals surface area contributed by atoms with Crippen molar-refractivity contribution in [3.63, 3.8) is 0 Å². The molecule has 3 atom stereocenters. The van der Waals surface area contributed by atoms with Crippen molar-refractivity contribution >= 4 is 38.6 Å². The van der Waals surface area contributed by atoms with Gasteiger partial charge < -0.3 is 15.7 Å². The summed E-state index contributed by atoms with van der Waals surface area (Å²) in [7, 11) is -0.742. The van der Waals surface area contributed by atoms with Crippen molar-refractivity contribution in [3.8, 4) is 0 Å². The molecule has 4 rings (SSSR count). The molecule has 0 radical (unpaired) electrons. The van der Waals surface area contributed by atoms with Gasteiger partial charge in [0, 0.05) is 56.1 Å². The average Bonchev–Trinajstić information content (AvgIpc) is 3.26. The number of hydrogen-bond acceptors (Lipinski definition) is 7. The molecule has 0 spiro atoms. The maximum absolute atomic E-state index is 12.9. The number of fused-ring (bicyclic) bond motifs is 1. The lowest BCUT2D eigenvalue weighted by atomic mass is 9.94. The number of aromatic nitrogens is 1. The number of nitrogens with zero attached hydrogens (tertiary/aromatic N) is 3. The molecule has 1 aliphatic heterocycles. The normalized spacial score (nSPS) is 18.7. The lowest BCUT2D eigenvalue weighted by Crippen LogP contribution is -2.38. The molecule has 35 heavy (non-hydrogen) atoms. The predicted molar refractivity (Wildman–Crippen MR) is 138 cm³/mol. The van der Waals surface area contributed by atoms with Crippen molar-refractivity contribution in [2.75, 3.05) is 33.7 Å². The second-order valence-corrected chi connectivity index (χ2v) is 12.2. The fourth-order valence-electron chi connectivity index (χ4n) is 4.44. The Balaban J connectivity index is 1.75. The highest BCUT2D eigenvalue weighted by Gasteiger charge is 2.33. The third-order valence-electron chi connectivity index (χ3n) is 6.28. The number of amides is 1. The highest BCUT2D eigenvalue weighted by Crippen LogP contribution is 2.39. The SMILES string of the molecule is CN(C)S(=O)(=O)c1ccc(SC(C(N)=O)[C@H](CN2CC[C@H](O)C2)c2ccccc2)c2cccnc12. The average molecular weight is 515 g/mol. The van der Waals surface area contributed by atoms with Crippen molar-refractivity contribution < 1.29 is 18.3 Å². The van der Waals surface area contributed by atoms with Crippen molar-refractivity contribution in [1.82, 2.24) is 14.2 Å². The van der Waals surface area contributed by atoms with Crippen LogP contribution in [0.3, 0.4) is 0 Å². The van der Waals surface area contributed by atoms with Crippen LogP contribution in [0.25, 0.3) is 10.9 Å². The van der Waals surface area contributed by atoms with Gasteiger partial charge in [-0.15, -0.1) is 11.8 Å². The van der Waals surface area contributed by atoms with Gasteiger partial charge in [0.15, 0.2) is 0 Å². The number of β-amino-alcohol motifs (C(OH)–C–C–N with tert-alkyl or cyclic N) is 1. The van der Waals surface area contributed by atoms with Crippen LogP contribution in [0.5, 0.6) is 0 Å². The first kappa shape index (κ1) is 25.6. The van der Waals surface area contributed by atoms with Gasteiger partial charge in [0.2, 0.25) is 15.9 Å². The quantitative estimate of drug-likeness (QED) is 0.421. The Morgan fingerprint density at radius 3 is 2.57 bits per heavy atom. The molecule has 0 aliphatic carbocycles. The van der Waals surface area contributed by atoms with Crippen molar-refractivity contribution in [1.29, 1.82) is 0 Å². The van der Waals surface area contributed by atoms with Gasteiger partial charge in [-0.05, 0) is 30.2 Å². The number of nitrogens with two attached hydrogens (primary N) is 1. The van der Waals surface area contributed by atoms with Gasteiger partial charge in [0.25, 0.3) is 0 Å². The molecule has 3 N–H and O–H groups in total. The maximum Gasteiger partial charge on any atom is 0.244 e. The first-order valence-corrected chi connectivity index (χ1v) is 13.7. The summed E-state index contributed by atoms with van der Waals surface area (Å²) in [6, 6.07) is 16.6. The van der Waals surface area contributed by atoms with Gasteiger partial charge in [-0.1, -0.05) is 36.4 Å². The molecular formula is C25H30N4O4S2. The Morgan fingerprint density at radius 1 is 1.20 bits per heavy atom. The number of pyridine rings is 1. The highest BCUT2D eigenvalue weighted by molar-refractivity contribution is 8.01. The molecule has 8 nitrogen and oxygen atoms in total. The molecule has 0 saturated carbocycles. The van der Waals surface area contributed by atoms with Crippen LogP contribution in [0.15, 0.2) is 70.6 Å². The van der Waals surface area contributed by atoms with E-state index in [1.165, 1.54) is 25.9 Å². The molecule has 1 aliphatic rings. The summed E-state index contributed by atoms with van der Waals surface area (Å²) in [4.78, 5) is 20.2. The number of benzene rings is 2. The van der Waals surface area contributed by atoms with Crippen molar-refractivity contribution in [2.45, 2.75) is 33.5 Å². The number of carbonyl (C=O) groups is 1. The molecule has 1 aromatic heterocycles. The first-order valence-electron chi connectivity index (χ1n) is 11.4. The minimum absolute atomic E-state index is 0.115. The lowest BCUT2D eigenvalue weighted by Gasteiger charge is -2.29. The zero-order valence-corrected chi connectivity index (χ0v) is 21.4. The highest BCUT2D eigenvalue weighted by atomic mass is 32.2. The predicted octanol–water partition coefficient (Wildman–Crippen LogP) is 2.28. The van der Waals surface area contributed by atoms with Crippen LogP contribution in [-0.2, 0) is 14.8 Å². The van der Waals surface area contributed by atoms with E-state index in [-0.39, 0.29) is 16.9 Å². The number of primary amides is 1. The molecule has 2 heterocycles. The van der Waals surface area contributed by atoms with Crippen LogP contribution >= 0.6 is 11.8 Å². The zero-order chi connectivity index (χ0) is 25.2. The topological polar surface area (TPSA) is 117 Å². The largest absolute Gasteiger partial charge is 0.392 e. The number of aliphatic hydroxyl groups excluding tert-OH is 1. The number of hydrogen-bond donors (Lipinski definition) is 2. The molecule has 1 fully saturated rings. The molecule has 1 saturated heterocycles. The summed E-state index contributed by atoms with van der Waals surface area (Å²) in [6.45, 7) is 1.89. The van der Waals surface area contributed by atoms with E-state index >= 15 is 0 Å². The molecule has 1 unspecified atom stereocenters. The summed E-state index contributed by atoms with van der Waals surface area (Å²) in [6.07, 6.45) is 1.89. The molecule has 1 amide bonds. The molecule has 0 bridgehead atoms. The van der Waals surface area contributed by atoms with Gasteiger partial charge in [-0.3, -0.25) is 9.78 Å². The number of carbonyl (C=O) groups excluding carboxylic acids is 1. The maximum atomic E-state index is 12.9. The Morgan fingerprint density at radius 2 is 1.94 bits per heavy atom. The molecule has 186 valence electrons. The van der Waals surface area contributed by atoms with Crippen molar-refractivity contribution in [3.05, 3.63) is 66.4 Å². The number of rotatable bonds is 9. The third-order valence-corrected chi connectivity index (χ3v) is 9.55. The Labute approximate surface area is 210 Å². The smallest absolute Gasteiger partial charge is 0.244 e. The first-order chi connectivity index (χ1) is 16.7. The second kappa shape index (κ2) is 10.6. The van der Waals surface area contributed by atoms with Crippen LogP contribution < -0.4 is 5.73 Å². The molecule has 2 aromatic carbocycles. The van der Waals surface area contributed by atoms with Crippen LogP contribution in [0.1, 0.15) is 17.9 Å². The van der Waals surface area contributed by atoms with E-state index in [9.17, 15) is 18.3 Å². The number of aliphatic hydroxyl groups is 1. The number of thioether (sulfide) groups is 1. The Hall–Kier alpha value is -2.50. The van der Waals surface area contributed by atoms with Crippen molar-refractivity contribution in [2.24, 2.45) is 5.73 Å². The second-order valence-electron chi connectivity index (χ2n) is 8.91. The van der Waals surface area contributed by atoms with E-state index in [1.54, 1.807) is 24.4 Å². The molecule has 3 aromatic rings. The summed E-state index contributed by atoms with van der Waals surface area (Å²) >= 11 is 1.33. The van der Waals surface area contributed by atoms with Gasteiger partial charge in [0.05, 0.1) is 16.9 Å². The van der Waals surface area contributed by atoms with E-state index in [0.717, 1.165) is 21.3 Å². The monoisotopic (exact) mass is 514 g/mol. The van der Waals surface area contributed by atoms with E-state index in [4.69, 9.17) is 5.73 Å². The van der Waals surface area contributed by atoms with Gasteiger partial charge in [-0.2, -0.15) is 0 Å².